The van der Waals surface area contributed by atoms with E-state index in [1.807, 2.05) is 48.7 Å². The molecule has 0 spiro atoms. The van der Waals surface area contributed by atoms with Crippen LogP contribution < -0.4 is 9.80 Å². The molecule has 1 saturated heterocycles. The fourth-order valence-electron chi connectivity index (χ4n) is 6.30. The summed E-state index contributed by atoms with van der Waals surface area (Å²) in [4.78, 5) is 51.1. The average Bonchev–Trinajstić information content (AvgIpc) is 3.31. The Morgan fingerprint density at radius 3 is 2.46 bits per heavy atom. The van der Waals surface area contributed by atoms with E-state index in [-0.39, 0.29) is 30.2 Å². The van der Waals surface area contributed by atoms with Crippen molar-refractivity contribution in [2.75, 3.05) is 16.3 Å². The second-order valence-corrected chi connectivity index (χ2v) is 12.6. The van der Waals surface area contributed by atoms with Gasteiger partial charge in [-0.2, -0.15) is 0 Å². The molecule has 1 aliphatic heterocycles. The average molecular weight is 573 g/mol. The van der Waals surface area contributed by atoms with Crippen LogP contribution in [0.3, 0.4) is 0 Å². The normalized spacial score (nSPS) is 20.0. The van der Waals surface area contributed by atoms with E-state index in [2.05, 4.69) is 4.98 Å². The van der Waals surface area contributed by atoms with Gasteiger partial charge in [0.25, 0.3) is 0 Å². The molecular formula is C32H36N4O4S. The van der Waals surface area contributed by atoms with E-state index in [4.69, 9.17) is 4.98 Å². The summed E-state index contributed by atoms with van der Waals surface area (Å²) in [6.45, 7) is 2.64. The molecule has 2 saturated carbocycles. The molecule has 2 aliphatic carbocycles. The predicted molar refractivity (Wildman–Crippen MR) is 160 cm³/mol. The van der Waals surface area contributed by atoms with Crippen molar-refractivity contribution in [3.8, 4) is 22.4 Å². The molecule has 1 N–H and O–H groups in total. The molecule has 3 aliphatic rings. The second kappa shape index (κ2) is 11.7. The van der Waals surface area contributed by atoms with Crippen LogP contribution in [-0.4, -0.2) is 45.4 Å². The minimum absolute atomic E-state index is 0.0280. The number of rotatable bonds is 10. The molecule has 9 heteroatoms. The van der Waals surface area contributed by atoms with Crippen molar-refractivity contribution in [3.63, 3.8) is 0 Å². The molecule has 214 valence electrons. The van der Waals surface area contributed by atoms with Crippen LogP contribution in [-0.2, 0) is 14.4 Å². The maximum atomic E-state index is 13.9. The van der Waals surface area contributed by atoms with E-state index in [1.165, 1.54) is 11.3 Å². The van der Waals surface area contributed by atoms with Gasteiger partial charge in [0, 0.05) is 47.1 Å². The zero-order chi connectivity index (χ0) is 28.5. The van der Waals surface area contributed by atoms with Crippen LogP contribution in [0, 0.1) is 17.8 Å². The Morgan fingerprint density at radius 1 is 1.07 bits per heavy atom. The van der Waals surface area contributed by atoms with Crippen LogP contribution in [0.5, 0.6) is 0 Å². The Morgan fingerprint density at radius 2 is 1.83 bits per heavy atom. The van der Waals surface area contributed by atoms with E-state index in [1.54, 1.807) is 16.0 Å². The van der Waals surface area contributed by atoms with Gasteiger partial charge < -0.3 is 5.11 Å². The van der Waals surface area contributed by atoms with Crippen molar-refractivity contribution in [3.05, 3.63) is 48.0 Å². The molecule has 2 amide bonds. The van der Waals surface area contributed by atoms with Crippen molar-refractivity contribution in [2.24, 2.45) is 17.8 Å². The monoisotopic (exact) mass is 572 g/mol. The van der Waals surface area contributed by atoms with Gasteiger partial charge in [-0.3, -0.25) is 24.2 Å². The third kappa shape index (κ3) is 5.91. The van der Waals surface area contributed by atoms with Crippen LogP contribution in [0.2, 0.25) is 0 Å². The lowest BCUT2D eigenvalue weighted by molar-refractivity contribution is -0.141. The number of pyridine rings is 1. The molecule has 41 heavy (non-hydrogen) atoms. The number of carbonyl (C=O) groups excluding carboxylic acids is 2. The van der Waals surface area contributed by atoms with Crippen molar-refractivity contribution in [1.82, 2.24) is 9.97 Å². The number of hydrogen-bond donors (Lipinski definition) is 1. The zero-order valence-corrected chi connectivity index (χ0v) is 24.2. The highest BCUT2D eigenvalue weighted by molar-refractivity contribution is 7.14. The van der Waals surface area contributed by atoms with Crippen molar-refractivity contribution in [2.45, 2.75) is 70.8 Å². The Labute approximate surface area is 244 Å². The van der Waals surface area contributed by atoms with Crippen LogP contribution in [0.25, 0.3) is 22.4 Å². The molecule has 3 aromatic rings. The van der Waals surface area contributed by atoms with Crippen LogP contribution in [0.4, 0.5) is 10.9 Å². The summed E-state index contributed by atoms with van der Waals surface area (Å²) in [5, 5.41) is 12.2. The Kier molecular flexibility index (Phi) is 7.88. The largest absolute Gasteiger partial charge is 0.481 e. The molecule has 6 rings (SSSR count). The zero-order valence-electron chi connectivity index (χ0n) is 23.4. The number of aliphatic carboxylic acids is 1. The third-order valence-electron chi connectivity index (χ3n) is 8.72. The van der Waals surface area contributed by atoms with Crippen molar-refractivity contribution < 1.29 is 19.5 Å². The number of hydrogen-bond acceptors (Lipinski definition) is 6. The molecule has 0 bridgehead atoms. The number of benzene rings is 1. The van der Waals surface area contributed by atoms with E-state index in [9.17, 15) is 19.5 Å². The number of thiazole rings is 1. The maximum absolute atomic E-state index is 13.9. The van der Waals surface area contributed by atoms with Gasteiger partial charge in [0.05, 0.1) is 12.1 Å². The summed E-state index contributed by atoms with van der Waals surface area (Å²) in [7, 11) is 0. The molecule has 1 aromatic carbocycles. The standard InChI is InChI=1S/C32H36N4O4S/c1-20-14-15-35(30(20)39)28-13-10-22(18-33-28)25-8-4-5-9-26(25)27-19-41-32(34-27)36(24-11-12-24)31(40)23(17-29(37)38)16-21-6-2-3-7-21/h4-5,8-10,13,18-21,23-24H,2-3,6-7,11-12,14-17H2,1H3,(H,37,38)/t20?,23-/m1/s1. The number of aromatic nitrogens is 2. The lowest BCUT2D eigenvalue weighted by Gasteiger charge is -2.26. The first-order chi connectivity index (χ1) is 19.9. The third-order valence-corrected chi connectivity index (χ3v) is 9.56. The number of carbonyl (C=O) groups is 3. The Bertz CT molecular complexity index is 1430. The number of amides is 2. The smallest absolute Gasteiger partial charge is 0.304 e. The predicted octanol–water partition coefficient (Wildman–Crippen LogP) is 6.41. The van der Waals surface area contributed by atoms with Gasteiger partial charge in [-0.15, -0.1) is 11.3 Å². The van der Waals surface area contributed by atoms with E-state index in [0.717, 1.165) is 67.3 Å². The minimum atomic E-state index is -0.922. The quantitative estimate of drug-likeness (QED) is 0.301. The van der Waals surface area contributed by atoms with Gasteiger partial charge in [-0.25, -0.2) is 9.97 Å². The summed E-state index contributed by atoms with van der Waals surface area (Å²) in [6, 6.07) is 12.0. The van der Waals surface area contributed by atoms with Gasteiger partial charge in [0.2, 0.25) is 11.8 Å². The SMILES string of the molecule is CC1CCN(c2ccc(-c3ccccc3-c3csc(N(C(=O)[C@@H](CC(=O)O)CC4CCCC4)C4CC4)n3)cn2)C1=O. The van der Waals surface area contributed by atoms with Crippen LogP contribution in [0.15, 0.2) is 48.0 Å². The first-order valence-corrected chi connectivity index (χ1v) is 15.6. The molecule has 0 radical (unpaired) electrons. The number of carboxylic acids is 1. The van der Waals surface area contributed by atoms with Crippen molar-refractivity contribution >= 4 is 40.1 Å². The molecule has 3 fully saturated rings. The number of carboxylic acid groups (broad SMARTS) is 1. The maximum Gasteiger partial charge on any atom is 0.304 e. The fourth-order valence-corrected chi connectivity index (χ4v) is 7.20. The highest BCUT2D eigenvalue weighted by atomic mass is 32.1. The Hall–Kier alpha value is -3.59. The van der Waals surface area contributed by atoms with Gasteiger partial charge in [-0.1, -0.05) is 56.9 Å². The number of anilines is 2. The fraction of sp³-hybridized carbons (Fsp3) is 0.469. The summed E-state index contributed by atoms with van der Waals surface area (Å²) < 4.78 is 0. The summed E-state index contributed by atoms with van der Waals surface area (Å²) in [5.74, 6) is -0.301. The molecule has 8 nitrogen and oxygen atoms in total. The molecule has 2 aromatic heterocycles. The molecule has 2 atom stereocenters. The summed E-state index contributed by atoms with van der Waals surface area (Å²) in [5.41, 5.74) is 3.61. The topological polar surface area (TPSA) is 104 Å². The summed E-state index contributed by atoms with van der Waals surface area (Å²) >= 11 is 1.44. The summed E-state index contributed by atoms with van der Waals surface area (Å²) in [6.07, 6.45) is 9.45. The molecule has 3 heterocycles. The van der Waals surface area contributed by atoms with Gasteiger partial charge in [0.15, 0.2) is 5.13 Å². The number of nitrogens with zero attached hydrogens (tertiary/aromatic N) is 4. The minimum Gasteiger partial charge on any atom is -0.481 e. The first-order valence-electron chi connectivity index (χ1n) is 14.8. The van der Waals surface area contributed by atoms with E-state index >= 15 is 0 Å². The first kappa shape index (κ1) is 27.6. The lowest BCUT2D eigenvalue weighted by atomic mass is 9.90. The molecular weight excluding hydrogens is 536 g/mol. The van der Waals surface area contributed by atoms with Gasteiger partial charge in [-0.05, 0) is 49.3 Å². The van der Waals surface area contributed by atoms with Gasteiger partial charge in [0.1, 0.15) is 5.82 Å². The highest BCUT2D eigenvalue weighted by Gasteiger charge is 2.40. The molecule has 1 unspecified atom stereocenters. The Balaban J connectivity index is 1.26. The van der Waals surface area contributed by atoms with Crippen molar-refractivity contribution in [1.29, 1.82) is 0 Å². The van der Waals surface area contributed by atoms with Crippen LogP contribution in [0.1, 0.15) is 64.7 Å². The lowest BCUT2D eigenvalue weighted by Crippen LogP contribution is -2.39. The van der Waals surface area contributed by atoms with E-state index in [0.29, 0.717) is 29.8 Å². The van der Waals surface area contributed by atoms with Gasteiger partial charge >= 0.3 is 5.97 Å². The second-order valence-electron chi connectivity index (χ2n) is 11.8. The van der Waals surface area contributed by atoms with Crippen LogP contribution >= 0.6 is 11.3 Å². The highest BCUT2D eigenvalue weighted by Crippen LogP contribution is 2.41. The van der Waals surface area contributed by atoms with E-state index < -0.39 is 11.9 Å².